The lowest BCUT2D eigenvalue weighted by molar-refractivity contribution is 0.531. The number of hydrogen-bond acceptors (Lipinski definition) is 2. The zero-order chi connectivity index (χ0) is 11.0. The normalized spacial score (nSPS) is 10.9. The van der Waals surface area contributed by atoms with E-state index >= 15 is 0 Å². The first-order valence-corrected chi connectivity index (χ1v) is 4.71. The average Bonchev–Trinajstić information content (AvgIpc) is 2.55. The summed E-state index contributed by atoms with van der Waals surface area (Å²) in [4.78, 5) is 0. The number of nitrogens with zero attached hydrogens (tertiary/aromatic N) is 3. The van der Waals surface area contributed by atoms with Crippen molar-refractivity contribution in [2.45, 2.75) is 19.9 Å². The molecule has 0 N–H and O–H groups in total. The van der Waals surface area contributed by atoms with Gasteiger partial charge in [-0.25, -0.2) is 4.39 Å². The van der Waals surface area contributed by atoms with Gasteiger partial charge in [-0.2, -0.15) is 10.4 Å². The zero-order valence-corrected chi connectivity index (χ0v) is 8.53. The first kappa shape index (κ1) is 9.66. The molecule has 4 heteroatoms. The Bertz CT molecular complexity index is 549. The van der Waals surface area contributed by atoms with E-state index in [0.717, 1.165) is 0 Å². The van der Waals surface area contributed by atoms with Crippen LogP contribution in [0.5, 0.6) is 0 Å². The summed E-state index contributed by atoms with van der Waals surface area (Å²) in [6.07, 6.45) is 0. The topological polar surface area (TPSA) is 41.6 Å². The van der Waals surface area contributed by atoms with Crippen LogP contribution < -0.4 is 0 Å². The van der Waals surface area contributed by atoms with Crippen molar-refractivity contribution in [1.82, 2.24) is 9.78 Å². The molecule has 2 rings (SSSR count). The van der Waals surface area contributed by atoms with Gasteiger partial charge in [0.2, 0.25) is 0 Å². The minimum Gasteiger partial charge on any atom is -0.251 e. The van der Waals surface area contributed by atoms with Crippen LogP contribution in [0, 0.1) is 17.1 Å². The van der Waals surface area contributed by atoms with Gasteiger partial charge < -0.3 is 0 Å². The van der Waals surface area contributed by atoms with Crippen LogP contribution in [0.1, 0.15) is 25.6 Å². The molecular formula is C11H10FN3. The van der Waals surface area contributed by atoms with Crippen LogP contribution in [0.2, 0.25) is 0 Å². The lowest BCUT2D eigenvalue weighted by Gasteiger charge is -2.05. The van der Waals surface area contributed by atoms with Gasteiger partial charge in [-0.1, -0.05) is 0 Å². The minimum atomic E-state index is -0.333. The van der Waals surface area contributed by atoms with Gasteiger partial charge in [0.15, 0.2) is 0 Å². The highest BCUT2D eigenvalue weighted by atomic mass is 19.1. The van der Waals surface area contributed by atoms with Crippen LogP contribution in [-0.4, -0.2) is 9.78 Å². The Labute approximate surface area is 86.7 Å². The molecule has 15 heavy (non-hydrogen) atoms. The van der Waals surface area contributed by atoms with E-state index in [1.807, 2.05) is 13.8 Å². The van der Waals surface area contributed by atoms with Crippen LogP contribution in [0.25, 0.3) is 10.9 Å². The molecule has 0 saturated heterocycles. The Hall–Kier alpha value is -1.89. The summed E-state index contributed by atoms with van der Waals surface area (Å²) in [6.45, 7) is 3.87. The number of benzene rings is 1. The molecule has 1 aromatic heterocycles. The molecule has 0 radical (unpaired) electrons. The van der Waals surface area contributed by atoms with E-state index in [9.17, 15) is 4.39 Å². The van der Waals surface area contributed by atoms with Crippen LogP contribution in [0.3, 0.4) is 0 Å². The van der Waals surface area contributed by atoms with Gasteiger partial charge in [0.05, 0.1) is 5.52 Å². The maximum Gasteiger partial charge on any atom is 0.146 e. The number of nitriles is 1. The number of aromatic nitrogens is 2. The summed E-state index contributed by atoms with van der Waals surface area (Å²) in [5.74, 6) is -0.333. The third kappa shape index (κ3) is 1.46. The molecule has 0 aliphatic carbocycles. The third-order valence-electron chi connectivity index (χ3n) is 2.25. The molecule has 0 bridgehead atoms. The summed E-state index contributed by atoms with van der Waals surface area (Å²) in [5.41, 5.74) is 1.01. The SMILES string of the molecule is CC(C)n1nc2cc(F)ccc2c1C#N. The van der Waals surface area contributed by atoms with Gasteiger partial charge in [-0.3, -0.25) is 4.68 Å². The Balaban J connectivity index is 2.80. The Morgan fingerprint density at radius 3 is 2.80 bits per heavy atom. The molecule has 0 aliphatic rings. The molecule has 2 aromatic rings. The van der Waals surface area contributed by atoms with Crippen molar-refractivity contribution in [1.29, 1.82) is 5.26 Å². The molecule has 3 nitrogen and oxygen atoms in total. The minimum absolute atomic E-state index is 0.0927. The maximum atomic E-state index is 13.0. The lowest BCUT2D eigenvalue weighted by Crippen LogP contribution is -2.04. The molecule has 0 fully saturated rings. The maximum absolute atomic E-state index is 13.0. The zero-order valence-electron chi connectivity index (χ0n) is 8.53. The van der Waals surface area contributed by atoms with E-state index in [4.69, 9.17) is 5.26 Å². The van der Waals surface area contributed by atoms with E-state index in [2.05, 4.69) is 11.2 Å². The summed E-state index contributed by atoms with van der Waals surface area (Å²) >= 11 is 0. The lowest BCUT2D eigenvalue weighted by atomic mass is 10.2. The predicted octanol–water partition coefficient (Wildman–Crippen LogP) is 2.63. The van der Waals surface area contributed by atoms with Gasteiger partial charge in [-0.15, -0.1) is 0 Å². The standard InChI is InChI=1S/C11H10FN3/c1-7(2)15-11(6-13)9-4-3-8(12)5-10(9)14-15/h3-5,7H,1-2H3. The van der Waals surface area contributed by atoms with Gasteiger partial charge in [-0.05, 0) is 26.0 Å². The second-order valence-electron chi connectivity index (χ2n) is 3.66. The largest absolute Gasteiger partial charge is 0.251 e. The van der Waals surface area contributed by atoms with E-state index in [1.165, 1.54) is 12.1 Å². The summed E-state index contributed by atoms with van der Waals surface area (Å²) in [6, 6.07) is 6.47. The highest BCUT2D eigenvalue weighted by Crippen LogP contribution is 2.21. The van der Waals surface area contributed by atoms with Crippen molar-refractivity contribution in [3.63, 3.8) is 0 Å². The monoisotopic (exact) mass is 203 g/mol. The van der Waals surface area contributed by atoms with E-state index in [0.29, 0.717) is 16.6 Å². The van der Waals surface area contributed by atoms with Gasteiger partial charge in [0.1, 0.15) is 17.6 Å². The fourth-order valence-electron chi connectivity index (χ4n) is 1.56. The Kier molecular flexibility index (Phi) is 2.16. The first-order chi connectivity index (χ1) is 7.13. The van der Waals surface area contributed by atoms with Crippen LogP contribution in [0.15, 0.2) is 18.2 Å². The van der Waals surface area contributed by atoms with Crippen molar-refractivity contribution < 1.29 is 4.39 Å². The molecule has 0 atom stereocenters. The van der Waals surface area contributed by atoms with Gasteiger partial charge in [0, 0.05) is 17.5 Å². The summed E-state index contributed by atoms with van der Waals surface area (Å²) in [7, 11) is 0. The van der Waals surface area contributed by atoms with Crippen molar-refractivity contribution in [2.24, 2.45) is 0 Å². The highest BCUT2D eigenvalue weighted by Gasteiger charge is 2.12. The number of hydrogen-bond donors (Lipinski definition) is 0. The predicted molar refractivity (Wildman–Crippen MR) is 54.8 cm³/mol. The molecular weight excluding hydrogens is 193 g/mol. The van der Waals surface area contributed by atoms with Gasteiger partial charge >= 0.3 is 0 Å². The van der Waals surface area contributed by atoms with Crippen LogP contribution in [-0.2, 0) is 0 Å². The smallest absolute Gasteiger partial charge is 0.146 e. The summed E-state index contributed by atoms with van der Waals surface area (Å²) in [5, 5.41) is 13.9. The van der Waals surface area contributed by atoms with Crippen LogP contribution >= 0.6 is 0 Å². The molecule has 0 saturated carbocycles. The Morgan fingerprint density at radius 2 is 2.20 bits per heavy atom. The molecule has 76 valence electrons. The van der Waals surface area contributed by atoms with E-state index in [-0.39, 0.29) is 11.9 Å². The van der Waals surface area contributed by atoms with E-state index < -0.39 is 0 Å². The fourth-order valence-corrected chi connectivity index (χ4v) is 1.56. The highest BCUT2D eigenvalue weighted by molar-refractivity contribution is 5.83. The number of rotatable bonds is 1. The molecule has 1 aromatic carbocycles. The molecule has 1 heterocycles. The molecule has 0 spiro atoms. The number of halogens is 1. The quantitative estimate of drug-likeness (QED) is 0.714. The van der Waals surface area contributed by atoms with Crippen LogP contribution in [0.4, 0.5) is 4.39 Å². The van der Waals surface area contributed by atoms with E-state index in [1.54, 1.807) is 10.7 Å². The van der Waals surface area contributed by atoms with Crippen molar-refractivity contribution >= 4 is 10.9 Å². The molecule has 0 unspecified atom stereocenters. The van der Waals surface area contributed by atoms with Crippen molar-refractivity contribution in [3.05, 3.63) is 29.7 Å². The second kappa shape index (κ2) is 3.35. The number of fused-ring (bicyclic) bond motifs is 1. The Morgan fingerprint density at radius 1 is 1.47 bits per heavy atom. The first-order valence-electron chi connectivity index (χ1n) is 4.71. The molecule has 0 amide bonds. The second-order valence-corrected chi connectivity index (χ2v) is 3.66. The van der Waals surface area contributed by atoms with Crippen molar-refractivity contribution in [3.8, 4) is 6.07 Å². The molecule has 0 aliphatic heterocycles. The van der Waals surface area contributed by atoms with Crippen molar-refractivity contribution in [2.75, 3.05) is 0 Å². The average molecular weight is 203 g/mol. The fraction of sp³-hybridized carbons (Fsp3) is 0.273. The van der Waals surface area contributed by atoms with Gasteiger partial charge in [0.25, 0.3) is 0 Å². The summed E-state index contributed by atoms with van der Waals surface area (Å²) < 4.78 is 14.6. The third-order valence-corrected chi connectivity index (χ3v) is 2.25.